The van der Waals surface area contributed by atoms with Gasteiger partial charge in [-0.25, -0.2) is 4.79 Å². The predicted molar refractivity (Wildman–Crippen MR) is 66.9 cm³/mol. The quantitative estimate of drug-likeness (QED) is 0.460. The molecule has 2 N–H and O–H groups in total. The third kappa shape index (κ3) is 3.63. The molecule has 0 spiro atoms. The van der Waals surface area contributed by atoms with E-state index in [9.17, 15) is 14.9 Å². The van der Waals surface area contributed by atoms with Gasteiger partial charge in [0.25, 0.3) is 5.69 Å². The van der Waals surface area contributed by atoms with E-state index in [1.165, 1.54) is 12.1 Å². The Morgan fingerprint density at radius 2 is 2.29 bits per heavy atom. The normalized spacial score (nSPS) is 9.94. The lowest BCUT2D eigenvalue weighted by Crippen LogP contribution is -2.09. The summed E-state index contributed by atoms with van der Waals surface area (Å²) in [4.78, 5) is 20.9. The van der Waals surface area contributed by atoms with Gasteiger partial charge < -0.3 is 10.4 Å². The maximum atomic E-state index is 11.0. The van der Waals surface area contributed by atoms with Crippen LogP contribution in [0.2, 0.25) is 0 Å². The van der Waals surface area contributed by atoms with Crippen LogP contribution in [0, 0.1) is 10.1 Å². The van der Waals surface area contributed by atoms with E-state index in [-0.39, 0.29) is 11.3 Å². The molecule has 1 rings (SSSR count). The van der Waals surface area contributed by atoms with Crippen LogP contribution < -0.4 is 5.32 Å². The van der Waals surface area contributed by atoms with Crippen molar-refractivity contribution in [2.24, 2.45) is 0 Å². The van der Waals surface area contributed by atoms with Crippen molar-refractivity contribution in [2.45, 2.75) is 0 Å². The fraction of sp³-hybridized carbons (Fsp3) is 0.300. The van der Waals surface area contributed by atoms with Crippen LogP contribution in [0.4, 0.5) is 11.4 Å². The molecule has 6 nitrogen and oxygen atoms in total. The Labute approximate surface area is 102 Å². The van der Waals surface area contributed by atoms with Gasteiger partial charge in [0.2, 0.25) is 0 Å². The van der Waals surface area contributed by atoms with Crippen molar-refractivity contribution < 1.29 is 14.8 Å². The summed E-state index contributed by atoms with van der Waals surface area (Å²) in [7, 11) is 0. The van der Waals surface area contributed by atoms with Gasteiger partial charge in [0.05, 0.1) is 10.5 Å². The molecule has 0 unspecified atom stereocenters. The lowest BCUT2D eigenvalue weighted by Gasteiger charge is -2.08. The van der Waals surface area contributed by atoms with Crippen LogP contribution in [0.25, 0.3) is 0 Å². The Morgan fingerprint density at radius 1 is 1.59 bits per heavy atom. The van der Waals surface area contributed by atoms with Crippen LogP contribution in [-0.4, -0.2) is 34.6 Å². The molecule has 0 fully saturated rings. The fourth-order valence-electron chi connectivity index (χ4n) is 1.26. The highest BCUT2D eigenvalue weighted by Gasteiger charge is 2.15. The van der Waals surface area contributed by atoms with Crippen molar-refractivity contribution >= 4 is 29.1 Å². The molecule has 7 heteroatoms. The van der Waals surface area contributed by atoms with Gasteiger partial charge in [0.1, 0.15) is 0 Å². The Morgan fingerprint density at radius 3 is 2.82 bits per heavy atom. The summed E-state index contributed by atoms with van der Waals surface area (Å²) in [6.45, 7) is 0.610. The highest BCUT2D eigenvalue weighted by atomic mass is 32.2. The van der Waals surface area contributed by atoms with Crippen molar-refractivity contribution in [3.63, 3.8) is 0 Å². The molecule has 0 aliphatic carbocycles. The van der Waals surface area contributed by atoms with Gasteiger partial charge in [0.15, 0.2) is 0 Å². The number of nitro benzene ring substituents is 1. The van der Waals surface area contributed by atoms with E-state index in [2.05, 4.69) is 5.32 Å². The third-order valence-corrected chi connectivity index (χ3v) is 2.68. The molecule has 0 radical (unpaired) electrons. The summed E-state index contributed by atoms with van der Waals surface area (Å²) in [6, 6.07) is 3.76. The molecule has 0 aromatic heterocycles. The van der Waals surface area contributed by atoms with Crippen LogP contribution in [-0.2, 0) is 0 Å². The number of nitrogens with one attached hydrogen (secondary N) is 1. The highest BCUT2D eigenvalue weighted by molar-refractivity contribution is 7.98. The largest absolute Gasteiger partial charge is 0.478 e. The summed E-state index contributed by atoms with van der Waals surface area (Å²) in [6.07, 6.45) is 1.94. The predicted octanol–water partition coefficient (Wildman–Crippen LogP) is 2.07. The molecule has 0 amide bonds. The lowest BCUT2D eigenvalue weighted by molar-refractivity contribution is -0.384. The molecule has 92 valence electrons. The van der Waals surface area contributed by atoms with Crippen LogP contribution in [0.5, 0.6) is 0 Å². The van der Waals surface area contributed by atoms with E-state index < -0.39 is 10.9 Å². The Kier molecular flexibility index (Phi) is 4.77. The Bertz CT molecular complexity index is 436. The number of carboxylic acid groups (broad SMARTS) is 1. The van der Waals surface area contributed by atoms with Crippen LogP contribution in [0.15, 0.2) is 18.2 Å². The number of hydrogen-bond donors (Lipinski definition) is 2. The number of aromatic carboxylic acids is 1. The summed E-state index contributed by atoms with van der Waals surface area (Å²) in [5.74, 6) is -0.351. The number of anilines is 1. The monoisotopic (exact) mass is 256 g/mol. The molecule has 0 bridgehead atoms. The van der Waals surface area contributed by atoms with E-state index >= 15 is 0 Å². The first-order valence-corrected chi connectivity index (χ1v) is 6.20. The molecular weight excluding hydrogens is 244 g/mol. The van der Waals surface area contributed by atoms with Crippen molar-refractivity contribution in [3.8, 4) is 0 Å². The highest BCUT2D eigenvalue weighted by Crippen LogP contribution is 2.22. The van der Waals surface area contributed by atoms with Gasteiger partial charge >= 0.3 is 5.97 Å². The molecule has 0 aliphatic rings. The van der Waals surface area contributed by atoms with Crippen molar-refractivity contribution in [2.75, 3.05) is 23.9 Å². The van der Waals surface area contributed by atoms with Gasteiger partial charge in [-0.05, 0) is 12.3 Å². The molecule has 1 aromatic carbocycles. The molecule has 0 heterocycles. The number of nitrogens with zero attached hydrogens (tertiary/aromatic N) is 1. The zero-order valence-electron chi connectivity index (χ0n) is 9.17. The number of hydrogen-bond acceptors (Lipinski definition) is 5. The summed E-state index contributed by atoms with van der Waals surface area (Å²) in [5.41, 5.74) is 0.0928. The SMILES string of the molecule is CSCCNc1ccc([N+](=O)[O-])cc1C(=O)O. The van der Waals surface area contributed by atoms with Crippen molar-refractivity contribution in [3.05, 3.63) is 33.9 Å². The number of non-ortho nitro benzene ring substituents is 1. The minimum atomic E-state index is -1.18. The Balaban J connectivity index is 2.96. The molecule has 1 aromatic rings. The van der Waals surface area contributed by atoms with Crippen LogP contribution >= 0.6 is 11.8 Å². The van der Waals surface area contributed by atoms with Gasteiger partial charge in [0, 0.05) is 30.1 Å². The number of thioether (sulfide) groups is 1. The first-order chi connectivity index (χ1) is 8.06. The molecule has 0 saturated carbocycles. The average Bonchev–Trinajstić information content (AvgIpc) is 2.29. The molecular formula is C10H12N2O4S. The minimum Gasteiger partial charge on any atom is -0.478 e. The van der Waals surface area contributed by atoms with Crippen molar-refractivity contribution in [1.29, 1.82) is 0 Å². The summed E-state index contributed by atoms with van der Waals surface area (Å²) < 4.78 is 0. The second-order valence-electron chi connectivity index (χ2n) is 3.21. The number of rotatable bonds is 6. The fourth-order valence-corrected chi connectivity index (χ4v) is 1.57. The second-order valence-corrected chi connectivity index (χ2v) is 4.20. The zero-order valence-corrected chi connectivity index (χ0v) is 9.99. The Hall–Kier alpha value is -1.76. The first kappa shape index (κ1) is 13.3. The first-order valence-electron chi connectivity index (χ1n) is 4.80. The summed E-state index contributed by atoms with van der Waals surface area (Å²) >= 11 is 1.63. The molecule has 0 saturated heterocycles. The minimum absolute atomic E-state index is 0.0831. The standard InChI is InChI=1S/C10H12N2O4S/c1-17-5-4-11-9-3-2-7(12(15)16)6-8(9)10(13)14/h2-3,6,11H,4-5H2,1H3,(H,13,14). The number of nitro groups is 1. The third-order valence-electron chi connectivity index (χ3n) is 2.07. The van der Waals surface area contributed by atoms with E-state index in [4.69, 9.17) is 5.11 Å². The topological polar surface area (TPSA) is 92.5 Å². The molecule has 0 aliphatic heterocycles. The molecule has 0 atom stereocenters. The number of carbonyl (C=O) groups is 1. The lowest BCUT2D eigenvalue weighted by atomic mass is 10.1. The van der Waals surface area contributed by atoms with Gasteiger partial charge in [-0.1, -0.05) is 0 Å². The van der Waals surface area contributed by atoms with Crippen molar-refractivity contribution in [1.82, 2.24) is 0 Å². The van der Waals surface area contributed by atoms with Gasteiger partial charge in [-0.2, -0.15) is 11.8 Å². The maximum Gasteiger partial charge on any atom is 0.338 e. The van der Waals surface area contributed by atoms with E-state index in [1.807, 2.05) is 6.26 Å². The van der Waals surface area contributed by atoms with Gasteiger partial charge in [-0.15, -0.1) is 0 Å². The number of benzene rings is 1. The zero-order chi connectivity index (χ0) is 12.8. The van der Waals surface area contributed by atoms with Crippen LogP contribution in [0.1, 0.15) is 10.4 Å². The number of carboxylic acids is 1. The van der Waals surface area contributed by atoms with Gasteiger partial charge in [-0.3, -0.25) is 10.1 Å². The smallest absolute Gasteiger partial charge is 0.338 e. The maximum absolute atomic E-state index is 11.0. The van der Waals surface area contributed by atoms with E-state index in [1.54, 1.807) is 11.8 Å². The van der Waals surface area contributed by atoms with Crippen LogP contribution in [0.3, 0.4) is 0 Å². The van der Waals surface area contributed by atoms with E-state index in [0.717, 1.165) is 11.8 Å². The average molecular weight is 256 g/mol. The molecule has 17 heavy (non-hydrogen) atoms. The van der Waals surface area contributed by atoms with E-state index in [0.29, 0.717) is 12.2 Å². The summed E-state index contributed by atoms with van der Waals surface area (Å²) in [5, 5.41) is 22.4. The second kappa shape index (κ2) is 6.09.